The smallest absolute Gasteiger partial charge is 0.306 e. The number of hydrogen-bond acceptors (Lipinski definition) is 6. The van der Waals surface area contributed by atoms with E-state index in [1.165, 1.54) is 38.5 Å². The largest absolute Gasteiger partial charge is 0.481 e. The Labute approximate surface area is 156 Å². The zero-order valence-corrected chi connectivity index (χ0v) is 15.9. The number of hydrogen-bond donors (Lipinski definition) is 2. The van der Waals surface area contributed by atoms with Crippen LogP contribution >= 0.6 is 0 Å². The first-order valence-electron chi connectivity index (χ1n) is 9.66. The van der Waals surface area contributed by atoms with E-state index >= 15 is 0 Å². The minimum atomic E-state index is -1.10. The van der Waals surface area contributed by atoms with E-state index in [0.717, 1.165) is 19.3 Å². The van der Waals surface area contributed by atoms with Crippen LogP contribution in [-0.2, 0) is 23.9 Å². The Bertz CT molecular complexity index is 395. The molecular weight excluding hydrogens is 340 g/mol. The van der Waals surface area contributed by atoms with Gasteiger partial charge in [0.2, 0.25) is 0 Å². The van der Waals surface area contributed by atoms with E-state index in [9.17, 15) is 19.5 Å². The highest BCUT2D eigenvalue weighted by atomic mass is 16.6. The van der Waals surface area contributed by atoms with Crippen LogP contribution in [0.1, 0.15) is 84.0 Å². The monoisotopic (exact) mass is 374 g/mol. The lowest BCUT2D eigenvalue weighted by atomic mass is 10.1. The second kappa shape index (κ2) is 16.8. The fraction of sp³-hybridized carbons (Fsp3) is 0.842. The summed E-state index contributed by atoms with van der Waals surface area (Å²) in [6.45, 7) is 1.65. The molecule has 0 aliphatic rings. The fourth-order valence-electron chi connectivity index (χ4n) is 2.36. The quantitative estimate of drug-likeness (QED) is 0.297. The Morgan fingerprint density at radius 1 is 0.731 bits per heavy atom. The molecule has 0 heterocycles. The Kier molecular flexibility index (Phi) is 15.8. The number of aliphatic hydroxyl groups excluding tert-OH is 1. The molecule has 0 aromatic rings. The number of carbonyl (C=O) groups excluding carboxylic acids is 2. The average Bonchev–Trinajstić information content (AvgIpc) is 2.61. The van der Waals surface area contributed by atoms with Crippen molar-refractivity contribution in [1.82, 2.24) is 0 Å². The highest BCUT2D eigenvalue weighted by molar-refractivity contribution is 5.76. The average molecular weight is 374 g/mol. The van der Waals surface area contributed by atoms with Gasteiger partial charge in [0.15, 0.2) is 0 Å². The van der Waals surface area contributed by atoms with E-state index in [0.29, 0.717) is 6.42 Å². The van der Waals surface area contributed by atoms with E-state index in [4.69, 9.17) is 14.6 Å². The van der Waals surface area contributed by atoms with Gasteiger partial charge in [-0.05, 0) is 6.42 Å². The zero-order valence-electron chi connectivity index (χ0n) is 15.9. The number of carboxylic acid groups (broad SMARTS) is 1. The molecule has 0 fully saturated rings. The number of rotatable bonds is 17. The lowest BCUT2D eigenvalue weighted by Crippen LogP contribution is -2.25. The Balaban J connectivity index is 3.49. The van der Waals surface area contributed by atoms with Crippen molar-refractivity contribution < 1.29 is 34.1 Å². The van der Waals surface area contributed by atoms with Crippen molar-refractivity contribution in [1.29, 1.82) is 0 Å². The van der Waals surface area contributed by atoms with Gasteiger partial charge in [-0.25, -0.2) is 0 Å². The van der Waals surface area contributed by atoms with Gasteiger partial charge < -0.3 is 19.7 Å². The molecule has 0 amide bonds. The van der Waals surface area contributed by atoms with Crippen LogP contribution in [0.3, 0.4) is 0 Å². The van der Waals surface area contributed by atoms with Crippen LogP contribution in [0.15, 0.2) is 0 Å². The second-order valence-electron chi connectivity index (χ2n) is 6.49. The number of aliphatic carboxylic acids is 1. The van der Waals surface area contributed by atoms with Crippen LogP contribution in [0.4, 0.5) is 0 Å². The third-order valence-electron chi connectivity index (χ3n) is 3.90. The highest BCUT2D eigenvalue weighted by Crippen LogP contribution is 2.10. The molecule has 26 heavy (non-hydrogen) atoms. The van der Waals surface area contributed by atoms with Crippen molar-refractivity contribution in [3.05, 3.63) is 0 Å². The molecule has 0 aromatic carbocycles. The van der Waals surface area contributed by atoms with Crippen molar-refractivity contribution in [3.63, 3.8) is 0 Å². The minimum absolute atomic E-state index is 0.234. The summed E-state index contributed by atoms with van der Waals surface area (Å²) in [5.74, 6) is -2.16. The van der Waals surface area contributed by atoms with Crippen LogP contribution in [0.2, 0.25) is 0 Å². The molecule has 0 bridgehead atoms. The van der Waals surface area contributed by atoms with Gasteiger partial charge in [-0.3, -0.25) is 14.4 Å². The molecule has 1 unspecified atom stereocenters. The number of carboxylic acids is 1. The summed E-state index contributed by atoms with van der Waals surface area (Å²) in [5, 5.41) is 18.0. The molecule has 0 aliphatic carbocycles. The highest BCUT2D eigenvalue weighted by Gasteiger charge is 2.12. The summed E-state index contributed by atoms with van der Waals surface area (Å²) in [5.41, 5.74) is 0. The minimum Gasteiger partial charge on any atom is -0.481 e. The van der Waals surface area contributed by atoms with E-state index in [1.54, 1.807) is 0 Å². The molecule has 7 nitrogen and oxygen atoms in total. The fourth-order valence-corrected chi connectivity index (χ4v) is 2.36. The SMILES string of the molecule is CCCCCCCCCCCC(=O)OCC(O)COC(=O)CCC(=O)O. The van der Waals surface area contributed by atoms with Gasteiger partial charge in [0.05, 0.1) is 12.8 Å². The maximum atomic E-state index is 11.6. The summed E-state index contributed by atoms with van der Waals surface area (Å²) in [6, 6.07) is 0. The van der Waals surface area contributed by atoms with Gasteiger partial charge in [-0.2, -0.15) is 0 Å². The molecule has 0 radical (unpaired) electrons. The van der Waals surface area contributed by atoms with Crippen LogP contribution in [0, 0.1) is 0 Å². The van der Waals surface area contributed by atoms with Crippen LogP contribution < -0.4 is 0 Å². The topological polar surface area (TPSA) is 110 Å². The number of ether oxygens (including phenoxy) is 2. The van der Waals surface area contributed by atoms with Crippen molar-refractivity contribution >= 4 is 17.9 Å². The lowest BCUT2D eigenvalue weighted by Gasteiger charge is -2.11. The number of esters is 2. The van der Waals surface area contributed by atoms with Gasteiger partial charge in [0.1, 0.15) is 19.3 Å². The maximum Gasteiger partial charge on any atom is 0.306 e. The Morgan fingerprint density at radius 2 is 1.19 bits per heavy atom. The molecule has 0 spiro atoms. The summed E-state index contributed by atoms with van der Waals surface area (Å²) < 4.78 is 9.64. The molecule has 7 heteroatoms. The first kappa shape index (κ1) is 24.4. The zero-order chi connectivity index (χ0) is 19.6. The van der Waals surface area contributed by atoms with Crippen molar-refractivity contribution in [2.75, 3.05) is 13.2 Å². The summed E-state index contributed by atoms with van der Waals surface area (Å²) in [6.07, 6.45) is 9.14. The Morgan fingerprint density at radius 3 is 1.69 bits per heavy atom. The van der Waals surface area contributed by atoms with Gasteiger partial charge in [-0.1, -0.05) is 58.3 Å². The number of unbranched alkanes of at least 4 members (excludes halogenated alkanes) is 8. The first-order valence-corrected chi connectivity index (χ1v) is 9.66. The molecule has 0 aliphatic heterocycles. The van der Waals surface area contributed by atoms with E-state index in [2.05, 4.69) is 6.92 Å². The van der Waals surface area contributed by atoms with Gasteiger partial charge in [-0.15, -0.1) is 0 Å². The van der Waals surface area contributed by atoms with Gasteiger partial charge in [0.25, 0.3) is 0 Å². The molecule has 0 rings (SSSR count). The second-order valence-corrected chi connectivity index (χ2v) is 6.49. The molecule has 0 aromatic heterocycles. The molecule has 2 N–H and O–H groups in total. The first-order chi connectivity index (χ1) is 12.5. The van der Waals surface area contributed by atoms with E-state index < -0.39 is 18.0 Å². The van der Waals surface area contributed by atoms with Crippen LogP contribution in [0.25, 0.3) is 0 Å². The van der Waals surface area contributed by atoms with Gasteiger partial charge in [0, 0.05) is 6.42 Å². The predicted molar refractivity (Wildman–Crippen MR) is 96.6 cm³/mol. The van der Waals surface area contributed by atoms with E-state index in [-0.39, 0.29) is 32.0 Å². The lowest BCUT2D eigenvalue weighted by molar-refractivity contribution is -0.154. The molecule has 0 saturated carbocycles. The summed E-state index contributed by atoms with van der Waals surface area (Å²) in [7, 11) is 0. The van der Waals surface area contributed by atoms with Crippen molar-refractivity contribution in [2.24, 2.45) is 0 Å². The van der Waals surface area contributed by atoms with Gasteiger partial charge >= 0.3 is 17.9 Å². The Hall–Kier alpha value is -1.63. The molecule has 1 atom stereocenters. The normalized spacial score (nSPS) is 11.8. The molecule has 0 saturated heterocycles. The summed E-state index contributed by atoms with van der Waals surface area (Å²) >= 11 is 0. The standard InChI is InChI=1S/C19H34O7/c1-2-3-4-5-6-7-8-9-10-11-18(23)25-14-16(20)15-26-19(24)13-12-17(21)22/h16,20H,2-15H2,1H3,(H,21,22). The third-order valence-corrected chi connectivity index (χ3v) is 3.90. The van der Waals surface area contributed by atoms with Crippen molar-refractivity contribution in [2.45, 2.75) is 90.1 Å². The summed E-state index contributed by atoms with van der Waals surface area (Å²) in [4.78, 5) is 33.1. The maximum absolute atomic E-state index is 11.6. The van der Waals surface area contributed by atoms with Crippen molar-refractivity contribution in [3.8, 4) is 0 Å². The number of aliphatic hydroxyl groups is 1. The number of carbonyl (C=O) groups is 3. The van der Waals surface area contributed by atoms with Crippen LogP contribution in [-0.4, -0.2) is 47.4 Å². The van der Waals surface area contributed by atoms with E-state index in [1.807, 2.05) is 0 Å². The molecule has 152 valence electrons. The van der Waals surface area contributed by atoms with Crippen LogP contribution in [0.5, 0.6) is 0 Å². The predicted octanol–water partition coefficient (Wildman–Crippen LogP) is 3.22. The third kappa shape index (κ3) is 17.2. The molecular formula is C19H34O7.